The fourth-order valence-corrected chi connectivity index (χ4v) is 1.28. The van der Waals surface area contributed by atoms with Crippen molar-refractivity contribution in [2.45, 2.75) is 0 Å². The molecule has 1 aromatic heterocycles. The highest BCUT2D eigenvalue weighted by Gasteiger charge is 2.17. The van der Waals surface area contributed by atoms with Crippen LogP contribution < -0.4 is 0 Å². The molecule has 46 valence electrons. The largest absolute Gasteiger partial charge is 0.244 e. The summed E-state index contributed by atoms with van der Waals surface area (Å²) in [5.41, 5.74) is 3.73. The first kappa shape index (κ1) is 4.39. The summed E-state index contributed by atoms with van der Waals surface area (Å²) in [4.78, 5) is 8.08. The molecule has 0 amide bonds. The summed E-state index contributed by atoms with van der Waals surface area (Å²) in [5.74, 6) is 0. The quantitative estimate of drug-likeness (QED) is 0.459. The van der Waals surface area contributed by atoms with E-state index in [1.165, 1.54) is 11.1 Å². The van der Waals surface area contributed by atoms with Gasteiger partial charge in [-0.05, 0) is 17.7 Å². The zero-order valence-corrected chi connectivity index (χ0v) is 5.20. The number of fused-ring (bicyclic) bond motifs is 3. The standard InChI is InChI=1S/C8H4N2/c1-5-2-7(5)8-6(1)3-9-4-10-8/h1-4H. The molecule has 1 heterocycles. The van der Waals surface area contributed by atoms with E-state index in [1.54, 1.807) is 6.33 Å². The minimum atomic E-state index is 1.10. The van der Waals surface area contributed by atoms with Crippen LogP contribution in [-0.2, 0) is 0 Å². The second-order valence-corrected chi connectivity index (χ2v) is 2.48. The van der Waals surface area contributed by atoms with Crippen molar-refractivity contribution in [2.75, 3.05) is 0 Å². The van der Waals surface area contributed by atoms with Crippen LogP contribution in [0.2, 0.25) is 0 Å². The number of hydrogen-bond donors (Lipinski definition) is 0. The minimum absolute atomic E-state index is 1.10. The molecule has 2 heteroatoms. The third-order valence-corrected chi connectivity index (χ3v) is 1.83. The van der Waals surface area contributed by atoms with E-state index in [2.05, 4.69) is 22.1 Å². The van der Waals surface area contributed by atoms with Crippen LogP contribution in [0, 0.1) is 0 Å². The van der Waals surface area contributed by atoms with Crippen molar-refractivity contribution in [3.63, 3.8) is 0 Å². The molecule has 0 aromatic carbocycles. The van der Waals surface area contributed by atoms with E-state index in [9.17, 15) is 0 Å². The van der Waals surface area contributed by atoms with Crippen LogP contribution in [0.15, 0.2) is 24.7 Å². The summed E-state index contributed by atoms with van der Waals surface area (Å²) >= 11 is 0. The number of rotatable bonds is 0. The van der Waals surface area contributed by atoms with Gasteiger partial charge in [-0.3, -0.25) is 0 Å². The van der Waals surface area contributed by atoms with Crippen molar-refractivity contribution in [3.05, 3.63) is 24.7 Å². The van der Waals surface area contributed by atoms with Gasteiger partial charge in [-0.15, -0.1) is 0 Å². The number of hydrogen-bond acceptors (Lipinski definition) is 2. The van der Waals surface area contributed by atoms with E-state index >= 15 is 0 Å². The molecule has 1 aromatic rings. The van der Waals surface area contributed by atoms with Gasteiger partial charge in [-0.2, -0.15) is 0 Å². The highest BCUT2D eigenvalue weighted by atomic mass is 14.8. The van der Waals surface area contributed by atoms with Gasteiger partial charge in [0.15, 0.2) is 0 Å². The Morgan fingerprint density at radius 3 is 3.10 bits per heavy atom. The van der Waals surface area contributed by atoms with Gasteiger partial charge in [0.1, 0.15) is 6.33 Å². The third-order valence-electron chi connectivity index (χ3n) is 1.83. The monoisotopic (exact) mass is 128 g/mol. The lowest BCUT2D eigenvalue weighted by atomic mass is 10.4. The van der Waals surface area contributed by atoms with Gasteiger partial charge >= 0.3 is 0 Å². The topological polar surface area (TPSA) is 25.8 Å². The van der Waals surface area contributed by atoms with Crippen molar-refractivity contribution >= 4 is 10.9 Å². The molecule has 0 unspecified atom stereocenters. The van der Waals surface area contributed by atoms with Crippen LogP contribution in [0.5, 0.6) is 0 Å². The van der Waals surface area contributed by atoms with Crippen LogP contribution in [0.25, 0.3) is 22.0 Å². The Morgan fingerprint density at radius 2 is 2.20 bits per heavy atom. The van der Waals surface area contributed by atoms with Gasteiger partial charge in [0, 0.05) is 17.1 Å². The van der Waals surface area contributed by atoms with E-state index in [1.807, 2.05) is 6.20 Å². The molecule has 10 heavy (non-hydrogen) atoms. The van der Waals surface area contributed by atoms with Crippen molar-refractivity contribution in [1.82, 2.24) is 9.97 Å². The molecule has 0 spiro atoms. The maximum Gasteiger partial charge on any atom is 0.116 e. The maximum absolute atomic E-state index is 4.15. The Labute approximate surface area is 57.5 Å². The number of aromatic nitrogens is 2. The molecule has 3 rings (SSSR count). The molecule has 2 nitrogen and oxygen atoms in total. The van der Waals surface area contributed by atoms with Crippen LogP contribution in [0.4, 0.5) is 0 Å². The maximum atomic E-state index is 4.15. The molecular weight excluding hydrogens is 124 g/mol. The van der Waals surface area contributed by atoms with Crippen LogP contribution >= 0.6 is 0 Å². The molecule has 2 aliphatic rings. The summed E-state index contributed by atoms with van der Waals surface area (Å²) in [6.07, 6.45) is 3.44. The Balaban J connectivity index is 2.63. The Bertz CT molecular complexity index is 421. The van der Waals surface area contributed by atoms with Crippen LogP contribution in [0.1, 0.15) is 0 Å². The Morgan fingerprint density at radius 1 is 1.20 bits per heavy atom. The lowest BCUT2D eigenvalue weighted by Gasteiger charge is -1.83. The first-order chi connectivity index (χ1) is 4.95. The summed E-state index contributed by atoms with van der Waals surface area (Å²) < 4.78 is 0. The molecule has 0 bridgehead atoms. The van der Waals surface area contributed by atoms with Crippen molar-refractivity contribution < 1.29 is 0 Å². The fourth-order valence-electron chi connectivity index (χ4n) is 1.28. The number of benzene rings is 1. The van der Waals surface area contributed by atoms with Crippen molar-refractivity contribution in [3.8, 4) is 11.1 Å². The van der Waals surface area contributed by atoms with Gasteiger partial charge in [-0.1, -0.05) is 0 Å². The molecule has 0 fully saturated rings. The summed E-state index contributed by atoms with van der Waals surface area (Å²) in [5, 5.41) is 1.16. The second-order valence-electron chi connectivity index (χ2n) is 2.48. The molecular formula is C8H4N2. The highest BCUT2D eigenvalue weighted by Crippen LogP contribution is 2.41. The summed E-state index contributed by atoms with van der Waals surface area (Å²) in [7, 11) is 0. The predicted octanol–water partition coefficient (Wildman–Crippen LogP) is 1.61. The van der Waals surface area contributed by atoms with E-state index in [0.29, 0.717) is 0 Å². The Kier molecular flexibility index (Phi) is 0.520. The SMILES string of the molecule is c1ncc2cc3cc-3c2n1. The molecule has 0 aliphatic heterocycles. The minimum Gasteiger partial charge on any atom is -0.244 e. The normalized spacial score (nSPS) is 12.0. The molecule has 0 saturated carbocycles. The van der Waals surface area contributed by atoms with Gasteiger partial charge < -0.3 is 0 Å². The third kappa shape index (κ3) is 0.365. The summed E-state index contributed by atoms with van der Waals surface area (Å²) in [6.45, 7) is 0. The van der Waals surface area contributed by atoms with Gasteiger partial charge in [0.05, 0.1) is 5.52 Å². The first-order valence-electron chi connectivity index (χ1n) is 3.19. The van der Waals surface area contributed by atoms with E-state index in [-0.39, 0.29) is 0 Å². The van der Waals surface area contributed by atoms with E-state index in [0.717, 1.165) is 10.9 Å². The van der Waals surface area contributed by atoms with Gasteiger partial charge in [-0.25, -0.2) is 9.97 Å². The zero-order chi connectivity index (χ0) is 6.55. The zero-order valence-electron chi connectivity index (χ0n) is 5.20. The van der Waals surface area contributed by atoms with Gasteiger partial charge in [0.2, 0.25) is 0 Å². The highest BCUT2D eigenvalue weighted by molar-refractivity contribution is 6.06. The Hall–Kier alpha value is -1.44. The molecule has 0 saturated heterocycles. The smallest absolute Gasteiger partial charge is 0.116 e. The predicted molar refractivity (Wildman–Crippen MR) is 38.5 cm³/mol. The molecule has 2 aliphatic carbocycles. The van der Waals surface area contributed by atoms with Crippen molar-refractivity contribution in [2.24, 2.45) is 0 Å². The average Bonchev–Trinajstić information content (AvgIpc) is 2.64. The first-order valence-corrected chi connectivity index (χ1v) is 3.19. The van der Waals surface area contributed by atoms with Gasteiger partial charge in [0.25, 0.3) is 0 Å². The van der Waals surface area contributed by atoms with E-state index < -0.39 is 0 Å². The fraction of sp³-hybridized carbons (Fsp3) is 0. The lowest BCUT2D eigenvalue weighted by molar-refractivity contribution is 1.23. The average molecular weight is 128 g/mol. The number of nitrogens with zero attached hydrogens (tertiary/aromatic N) is 2. The second kappa shape index (κ2) is 1.19. The van der Waals surface area contributed by atoms with Crippen molar-refractivity contribution in [1.29, 1.82) is 0 Å². The molecule has 0 radical (unpaired) electrons. The molecule has 0 N–H and O–H groups in total. The van der Waals surface area contributed by atoms with Crippen LogP contribution in [-0.4, -0.2) is 9.97 Å². The lowest BCUT2D eigenvalue weighted by Crippen LogP contribution is -1.73. The van der Waals surface area contributed by atoms with E-state index in [4.69, 9.17) is 0 Å². The molecule has 0 atom stereocenters. The summed E-state index contributed by atoms with van der Waals surface area (Å²) in [6, 6.07) is 4.25. The van der Waals surface area contributed by atoms with Crippen LogP contribution in [0.3, 0.4) is 0 Å².